The predicted octanol–water partition coefficient (Wildman–Crippen LogP) is 2.71. The number of allylic oxidation sites excluding steroid dienone is 1. The van der Waals surface area contributed by atoms with E-state index in [2.05, 4.69) is 5.32 Å². The van der Waals surface area contributed by atoms with Crippen LogP contribution in [0.2, 0.25) is 0 Å². The summed E-state index contributed by atoms with van der Waals surface area (Å²) >= 11 is 0. The fourth-order valence-electron chi connectivity index (χ4n) is 4.52. The zero-order valence-corrected chi connectivity index (χ0v) is 20.6. The number of aliphatic carboxylic acids is 1. The Hall–Kier alpha value is -3.81. The smallest absolute Gasteiger partial charge is 0.326 e. The first-order chi connectivity index (χ1) is 16.5. The number of carboxylic acid groups (broad SMARTS) is 1. The molecule has 186 valence electrons. The number of likely N-dealkylation sites (tertiary alicyclic amines) is 1. The lowest BCUT2D eigenvalue weighted by Crippen LogP contribution is -2.42. The monoisotopic (exact) mass is 479 g/mol. The normalized spacial score (nSPS) is 18.9. The van der Waals surface area contributed by atoms with Gasteiger partial charge in [0.2, 0.25) is 11.8 Å². The Morgan fingerprint density at radius 3 is 2.46 bits per heavy atom. The van der Waals surface area contributed by atoms with Crippen molar-refractivity contribution in [1.82, 2.24) is 10.2 Å². The molecule has 2 aromatic carbocycles. The van der Waals surface area contributed by atoms with Gasteiger partial charge in [-0.1, -0.05) is 36.4 Å². The Labute approximate surface area is 205 Å². The number of carbonyl (C=O) groups excluding carboxylic acids is 2. The molecule has 3 N–H and O–H groups in total. The Morgan fingerprint density at radius 2 is 1.89 bits per heavy atom. The lowest BCUT2D eigenvalue weighted by Gasteiger charge is -2.31. The number of nitrogens with zero attached hydrogens (tertiary/aromatic N) is 2. The second kappa shape index (κ2) is 10.6. The quantitative estimate of drug-likeness (QED) is 0.477. The zero-order chi connectivity index (χ0) is 25.8. The number of phenolic OH excluding ortho intramolecular Hbond substituents is 1. The number of carboxylic acids is 1. The van der Waals surface area contributed by atoms with Crippen LogP contribution >= 0.6 is 0 Å². The number of aromatic hydroxyl groups is 1. The number of likely N-dealkylation sites (N-methyl/N-ethyl adjacent to an activating group) is 1. The van der Waals surface area contributed by atoms with Gasteiger partial charge in [0.05, 0.1) is 5.41 Å². The molecule has 2 aromatic rings. The molecule has 3 rings (SSSR count). The van der Waals surface area contributed by atoms with Gasteiger partial charge in [0.15, 0.2) is 0 Å². The summed E-state index contributed by atoms with van der Waals surface area (Å²) in [6, 6.07) is 13.0. The lowest BCUT2D eigenvalue weighted by atomic mass is 9.74. The highest BCUT2D eigenvalue weighted by Crippen LogP contribution is 2.44. The standard InChI is InChI=1S/C27H33N3O5/c1-18(24(32)28-22(25(33)34)16-19-8-6-5-7-9-19)12-13-27(14-15-30(4)26(27)35)21-17-20(31)10-11-23(21)29(2)3/h5-12,17,22,31H,13-16H2,1-4H3,(H,28,32)(H,33,34)/t22-,27+/m1/s1. The molecular formula is C27H33N3O5. The average molecular weight is 480 g/mol. The van der Waals surface area contributed by atoms with Gasteiger partial charge in [-0.2, -0.15) is 0 Å². The minimum atomic E-state index is -1.12. The summed E-state index contributed by atoms with van der Waals surface area (Å²) in [5.41, 5.74) is 1.72. The van der Waals surface area contributed by atoms with Crippen molar-refractivity contribution in [2.24, 2.45) is 0 Å². The maximum atomic E-state index is 13.4. The second-order valence-corrected chi connectivity index (χ2v) is 9.30. The summed E-state index contributed by atoms with van der Waals surface area (Å²) in [6.45, 7) is 2.17. The van der Waals surface area contributed by atoms with E-state index in [0.717, 1.165) is 11.3 Å². The zero-order valence-electron chi connectivity index (χ0n) is 20.6. The number of nitrogens with one attached hydrogen (secondary N) is 1. The number of carbonyl (C=O) groups is 3. The summed E-state index contributed by atoms with van der Waals surface area (Å²) < 4.78 is 0. The van der Waals surface area contributed by atoms with Crippen molar-refractivity contribution in [3.63, 3.8) is 0 Å². The second-order valence-electron chi connectivity index (χ2n) is 9.30. The van der Waals surface area contributed by atoms with E-state index in [4.69, 9.17) is 0 Å². The molecule has 1 fully saturated rings. The maximum Gasteiger partial charge on any atom is 0.326 e. The molecule has 0 aliphatic carbocycles. The number of hydrogen-bond donors (Lipinski definition) is 3. The molecule has 2 atom stereocenters. The van der Waals surface area contributed by atoms with Crippen LogP contribution in [0.5, 0.6) is 5.75 Å². The van der Waals surface area contributed by atoms with Gasteiger partial charge in [0, 0.05) is 45.4 Å². The van der Waals surface area contributed by atoms with E-state index in [1.165, 1.54) is 0 Å². The highest BCUT2D eigenvalue weighted by atomic mass is 16.4. The summed E-state index contributed by atoms with van der Waals surface area (Å²) in [5.74, 6) is -1.63. The molecule has 1 heterocycles. The molecule has 0 unspecified atom stereocenters. The summed E-state index contributed by atoms with van der Waals surface area (Å²) in [6.07, 6.45) is 2.63. The van der Waals surface area contributed by atoms with Gasteiger partial charge in [0.1, 0.15) is 11.8 Å². The molecule has 0 radical (unpaired) electrons. The third kappa shape index (κ3) is 5.65. The third-order valence-electron chi connectivity index (χ3n) is 6.61. The summed E-state index contributed by atoms with van der Waals surface area (Å²) in [4.78, 5) is 41.6. The predicted molar refractivity (Wildman–Crippen MR) is 134 cm³/mol. The van der Waals surface area contributed by atoms with Crippen LogP contribution in [0.15, 0.2) is 60.2 Å². The Bertz CT molecular complexity index is 1130. The molecule has 1 aliphatic heterocycles. The fraction of sp³-hybridized carbons (Fsp3) is 0.370. The van der Waals surface area contributed by atoms with Crippen molar-refractivity contribution in [2.75, 3.05) is 32.6 Å². The Morgan fingerprint density at radius 1 is 1.20 bits per heavy atom. The van der Waals surface area contributed by atoms with Gasteiger partial charge in [-0.3, -0.25) is 9.59 Å². The van der Waals surface area contributed by atoms with E-state index >= 15 is 0 Å². The van der Waals surface area contributed by atoms with Crippen LogP contribution < -0.4 is 10.2 Å². The van der Waals surface area contributed by atoms with E-state index in [1.54, 1.807) is 43.1 Å². The van der Waals surface area contributed by atoms with Gasteiger partial charge >= 0.3 is 5.97 Å². The molecule has 35 heavy (non-hydrogen) atoms. The molecule has 8 nitrogen and oxygen atoms in total. The number of anilines is 1. The Kier molecular flexibility index (Phi) is 7.84. The largest absolute Gasteiger partial charge is 0.508 e. The summed E-state index contributed by atoms with van der Waals surface area (Å²) in [7, 11) is 5.49. The van der Waals surface area contributed by atoms with E-state index in [-0.39, 0.29) is 24.5 Å². The first-order valence-corrected chi connectivity index (χ1v) is 11.6. The molecule has 8 heteroatoms. The van der Waals surface area contributed by atoms with Crippen LogP contribution in [0.3, 0.4) is 0 Å². The van der Waals surface area contributed by atoms with E-state index < -0.39 is 23.3 Å². The van der Waals surface area contributed by atoms with E-state index in [1.807, 2.05) is 49.3 Å². The van der Waals surface area contributed by atoms with Crippen LogP contribution in [0.25, 0.3) is 0 Å². The number of rotatable bonds is 9. The maximum absolute atomic E-state index is 13.4. The third-order valence-corrected chi connectivity index (χ3v) is 6.61. The van der Waals surface area contributed by atoms with Gasteiger partial charge < -0.3 is 25.3 Å². The van der Waals surface area contributed by atoms with Crippen molar-refractivity contribution in [2.45, 2.75) is 37.6 Å². The van der Waals surface area contributed by atoms with Crippen LogP contribution in [0, 0.1) is 0 Å². The number of phenols is 1. The molecule has 1 aliphatic rings. The van der Waals surface area contributed by atoms with Crippen LogP contribution in [0.1, 0.15) is 30.9 Å². The van der Waals surface area contributed by atoms with Crippen molar-refractivity contribution >= 4 is 23.5 Å². The fourth-order valence-corrected chi connectivity index (χ4v) is 4.52. The molecule has 0 saturated carbocycles. The van der Waals surface area contributed by atoms with E-state index in [0.29, 0.717) is 24.1 Å². The Balaban J connectivity index is 1.87. The average Bonchev–Trinajstić information content (AvgIpc) is 3.11. The topological polar surface area (TPSA) is 110 Å². The van der Waals surface area contributed by atoms with Gasteiger partial charge in [-0.05, 0) is 49.1 Å². The van der Waals surface area contributed by atoms with Gasteiger partial charge in [-0.15, -0.1) is 0 Å². The first-order valence-electron chi connectivity index (χ1n) is 11.6. The van der Waals surface area contributed by atoms with Gasteiger partial charge in [0.25, 0.3) is 0 Å². The van der Waals surface area contributed by atoms with Crippen molar-refractivity contribution in [3.05, 3.63) is 71.3 Å². The highest BCUT2D eigenvalue weighted by Gasteiger charge is 2.47. The molecule has 0 bridgehead atoms. The highest BCUT2D eigenvalue weighted by molar-refractivity contribution is 5.96. The van der Waals surface area contributed by atoms with Gasteiger partial charge in [-0.25, -0.2) is 4.79 Å². The lowest BCUT2D eigenvalue weighted by molar-refractivity contribution is -0.141. The number of benzene rings is 2. The van der Waals surface area contributed by atoms with Crippen molar-refractivity contribution in [3.8, 4) is 5.75 Å². The van der Waals surface area contributed by atoms with Crippen molar-refractivity contribution in [1.29, 1.82) is 0 Å². The molecular weight excluding hydrogens is 446 g/mol. The SMILES string of the molecule is CC(=CC[C@@]1(c2cc(O)ccc2N(C)C)CCN(C)C1=O)C(=O)N[C@H](Cc1ccccc1)C(=O)O. The number of hydrogen-bond acceptors (Lipinski definition) is 5. The molecule has 2 amide bonds. The van der Waals surface area contributed by atoms with Crippen LogP contribution in [-0.4, -0.2) is 66.6 Å². The van der Waals surface area contributed by atoms with Crippen molar-refractivity contribution < 1.29 is 24.6 Å². The minimum absolute atomic E-state index is 0.0657. The van der Waals surface area contributed by atoms with Crippen LogP contribution in [-0.2, 0) is 26.2 Å². The molecule has 1 saturated heterocycles. The van der Waals surface area contributed by atoms with E-state index in [9.17, 15) is 24.6 Å². The molecule has 0 aromatic heterocycles. The summed E-state index contributed by atoms with van der Waals surface area (Å²) in [5, 5.41) is 22.4. The number of amides is 2. The molecule has 0 spiro atoms. The van der Waals surface area contributed by atoms with Crippen LogP contribution in [0.4, 0.5) is 5.69 Å². The minimum Gasteiger partial charge on any atom is -0.508 e. The first kappa shape index (κ1) is 25.8.